The molecule has 0 amide bonds. The van der Waals surface area contributed by atoms with Crippen LogP contribution in [0.1, 0.15) is 57.6 Å². The van der Waals surface area contributed by atoms with Gasteiger partial charge in [-0.05, 0) is 30.1 Å². The average Bonchev–Trinajstić information content (AvgIpc) is 2.39. The topological polar surface area (TPSA) is 20.2 Å². The standard InChI is InChI=1S/C17H28OS/c1-4-15-10-8-11-16(17(15)18)13-19-12-7-5-6-9-14(2)3/h8,10-11,14,18H,4-7,9,12-13H2,1-3H3. The number of unbranched alkanes of at least 4 members (excludes halogenated alkanes) is 2. The first-order valence-corrected chi connectivity index (χ1v) is 8.68. The van der Waals surface area contributed by atoms with Crippen LogP contribution in [0.3, 0.4) is 0 Å². The van der Waals surface area contributed by atoms with Crippen LogP contribution in [-0.4, -0.2) is 10.9 Å². The summed E-state index contributed by atoms with van der Waals surface area (Å²) < 4.78 is 0. The zero-order chi connectivity index (χ0) is 14.1. The van der Waals surface area contributed by atoms with Gasteiger partial charge in [-0.3, -0.25) is 0 Å². The van der Waals surface area contributed by atoms with Crippen LogP contribution in [0.4, 0.5) is 0 Å². The van der Waals surface area contributed by atoms with Crippen molar-refractivity contribution in [1.29, 1.82) is 0 Å². The predicted molar refractivity (Wildman–Crippen MR) is 87.0 cm³/mol. The second kappa shape index (κ2) is 9.30. The smallest absolute Gasteiger partial charge is 0.122 e. The third kappa shape index (κ3) is 6.38. The lowest BCUT2D eigenvalue weighted by Crippen LogP contribution is -1.90. The molecule has 0 unspecified atom stereocenters. The van der Waals surface area contributed by atoms with Gasteiger partial charge < -0.3 is 5.11 Å². The molecule has 0 spiro atoms. The summed E-state index contributed by atoms with van der Waals surface area (Å²) in [5, 5.41) is 10.1. The number of benzene rings is 1. The molecule has 0 radical (unpaired) electrons. The predicted octanol–water partition coefficient (Wildman–Crippen LogP) is 5.40. The quantitative estimate of drug-likeness (QED) is 0.611. The number of hydrogen-bond acceptors (Lipinski definition) is 2. The minimum Gasteiger partial charge on any atom is -0.507 e. The van der Waals surface area contributed by atoms with Crippen LogP contribution < -0.4 is 0 Å². The van der Waals surface area contributed by atoms with E-state index in [4.69, 9.17) is 0 Å². The Kier molecular flexibility index (Phi) is 8.04. The van der Waals surface area contributed by atoms with Gasteiger partial charge in [-0.2, -0.15) is 11.8 Å². The van der Waals surface area contributed by atoms with Crippen molar-refractivity contribution in [2.75, 3.05) is 5.75 Å². The highest BCUT2D eigenvalue weighted by Crippen LogP contribution is 2.27. The fraction of sp³-hybridized carbons (Fsp3) is 0.647. The molecule has 0 aromatic heterocycles. The molecule has 1 rings (SSSR count). The van der Waals surface area contributed by atoms with E-state index in [0.717, 1.165) is 29.2 Å². The van der Waals surface area contributed by atoms with E-state index in [0.29, 0.717) is 5.75 Å². The van der Waals surface area contributed by atoms with Crippen molar-refractivity contribution < 1.29 is 5.11 Å². The molecule has 0 saturated heterocycles. The normalized spacial score (nSPS) is 11.2. The highest BCUT2D eigenvalue weighted by molar-refractivity contribution is 7.98. The van der Waals surface area contributed by atoms with Crippen molar-refractivity contribution >= 4 is 11.8 Å². The summed E-state index contributed by atoms with van der Waals surface area (Å²) in [7, 11) is 0. The molecule has 0 aliphatic carbocycles. The molecule has 2 heteroatoms. The van der Waals surface area contributed by atoms with Gasteiger partial charge >= 0.3 is 0 Å². The third-order valence-electron chi connectivity index (χ3n) is 3.41. The highest BCUT2D eigenvalue weighted by Gasteiger charge is 2.05. The van der Waals surface area contributed by atoms with Gasteiger partial charge in [-0.1, -0.05) is 58.2 Å². The lowest BCUT2D eigenvalue weighted by molar-refractivity contribution is 0.464. The maximum Gasteiger partial charge on any atom is 0.122 e. The van der Waals surface area contributed by atoms with Crippen molar-refractivity contribution in [1.82, 2.24) is 0 Å². The molecule has 0 aliphatic heterocycles. The fourth-order valence-electron chi connectivity index (χ4n) is 2.16. The number of hydrogen-bond donors (Lipinski definition) is 1. The monoisotopic (exact) mass is 280 g/mol. The van der Waals surface area contributed by atoms with Gasteiger partial charge in [0.25, 0.3) is 0 Å². The average molecular weight is 280 g/mol. The summed E-state index contributed by atoms with van der Waals surface area (Å²) in [5.41, 5.74) is 2.15. The lowest BCUT2D eigenvalue weighted by atomic mass is 10.1. The molecule has 0 heterocycles. The Balaban J connectivity index is 2.19. The maximum atomic E-state index is 10.1. The fourth-order valence-corrected chi connectivity index (χ4v) is 3.17. The second-order valence-electron chi connectivity index (χ2n) is 5.57. The summed E-state index contributed by atoms with van der Waals surface area (Å²) in [6, 6.07) is 6.10. The molecule has 1 aromatic rings. The largest absolute Gasteiger partial charge is 0.507 e. The number of rotatable bonds is 9. The van der Waals surface area contributed by atoms with Crippen LogP contribution >= 0.6 is 11.8 Å². The Hall–Kier alpha value is -0.630. The SMILES string of the molecule is CCc1cccc(CSCCCCCC(C)C)c1O. The molecule has 1 aromatic carbocycles. The summed E-state index contributed by atoms with van der Waals surface area (Å²) in [4.78, 5) is 0. The van der Waals surface area contributed by atoms with Gasteiger partial charge in [0.1, 0.15) is 5.75 Å². The van der Waals surface area contributed by atoms with Gasteiger partial charge in [0.15, 0.2) is 0 Å². The van der Waals surface area contributed by atoms with E-state index in [2.05, 4.69) is 26.8 Å². The van der Waals surface area contributed by atoms with Crippen LogP contribution in [0.25, 0.3) is 0 Å². The molecule has 108 valence electrons. The Morgan fingerprint density at radius 1 is 1.11 bits per heavy atom. The van der Waals surface area contributed by atoms with Crippen LogP contribution in [0, 0.1) is 5.92 Å². The summed E-state index contributed by atoms with van der Waals surface area (Å²) in [5.74, 6) is 3.48. The molecule has 0 saturated carbocycles. The maximum absolute atomic E-state index is 10.1. The molecule has 0 aliphatic rings. The zero-order valence-electron chi connectivity index (χ0n) is 12.6. The van der Waals surface area contributed by atoms with Crippen molar-refractivity contribution in [3.63, 3.8) is 0 Å². The summed E-state index contributed by atoms with van der Waals surface area (Å²) in [6.45, 7) is 6.66. The zero-order valence-corrected chi connectivity index (χ0v) is 13.4. The highest BCUT2D eigenvalue weighted by atomic mass is 32.2. The number of phenols is 1. The number of thioether (sulfide) groups is 1. The van der Waals surface area contributed by atoms with Gasteiger partial charge in [0.05, 0.1) is 0 Å². The Morgan fingerprint density at radius 3 is 2.53 bits per heavy atom. The Bertz CT molecular complexity index is 360. The minimum absolute atomic E-state index is 0.511. The molecular formula is C17H28OS. The molecule has 1 nitrogen and oxygen atoms in total. The van der Waals surface area contributed by atoms with Crippen molar-refractivity contribution in [3.05, 3.63) is 29.3 Å². The van der Waals surface area contributed by atoms with E-state index in [1.165, 1.54) is 31.4 Å². The molecular weight excluding hydrogens is 252 g/mol. The number of para-hydroxylation sites is 1. The number of phenolic OH excluding ortho intramolecular Hbond substituents is 1. The van der Waals surface area contributed by atoms with Crippen molar-refractivity contribution in [2.24, 2.45) is 5.92 Å². The third-order valence-corrected chi connectivity index (χ3v) is 4.50. The van der Waals surface area contributed by atoms with Gasteiger partial charge in [0, 0.05) is 11.3 Å². The number of aryl methyl sites for hydroxylation is 1. The van der Waals surface area contributed by atoms with Gasteiger partial charge in [0.2, 0.25) is 0 Å². The van der Waals surface area contributed by atoms with Gasteiger partial charge in [-0.15, -0.1) is 0 Å². The first-order chi connectivity index (χ1) is 9.15. The first-order valence-electron chi connectivity index (χ1n) is 7.52. The van der Waals surface area contributed by atoms with E-state index >= 15 is 0 Å². The Morgan fingerprint density at radius 2 is 1.84 bits per heavy atom. The van der Waals surface area contributed by atoms with Crippen LogP contribution in [0.2, 0.25) is 0 Å². The van der Waals surface area contributed by atoms with Crippen molar-refractivity contribution in [2.45, 2.75) is 58.6 Å². The van der Waals surface area contributed by atoms with E-state index < -0.39 is 0 Å². The summed E-state index contributed by atoms with van der Waals surface area (Å²) >= 11 is 1.94. The molecule has 0 bridgehead atoms. The van der Waals surface area contributed by atoms with E-state index in [9.17, 15) is 5.11 Å². The lowest BCUT2D eigenvalue weighted by Gasteiger charge is -2.08. The summed E-state index contributed by atoms with van der Waals surface area (Å²) in [6.07, 6.45) is 6.25. The van der Waals surface area contributed by atoms with Crippen LogP contribution in [0.5, 0.6) is 5.75 Å². The van der Waals surface area contributed by atoms with Crippen LogP contribution in [-0.2, 0) is 12.2 Å². The molecule has 0 atom stereocenters. The number of aromatic hydroxyl groups is 1. The van der Waals surface area contributed by atoms with Crippen LogP contribution in [0.15, 0.2) is 18.2 Å². The van der Waals surface area contributed by atoms with Crippen molar-refractivity contribution in [3.8, 4) is 5.75 Å². The minimum atomic E-state index is 0.511. The molecule has 0 fully saturated rings. The Labute approximate surface area is 122 Å². The molecule has 1 N–H and O–H groups in total. The first kappa shape index (κ1) is 16.4. The second-order valence-corrected chi connectivity index (χ2v) is 6.68. The van der Waals surface area contributed by atoms with E-state index in [-0.39, 0.29) is 0 Å². The molecule has 19 heavy (non-hydrogen) atoms. The van der Waals surface area contributed by atoms with Gasteiger partial charge in [-0.25, -0.2) is 0 Å². The van der Waals surface area contributed by atoms with E-state index in [1.807, 2.05) is 23.9 Å². The van der Waals surface area contributed by atoms with E-state index in [1.54, 1.807) is 0 Å².